The van der Waals surface area contributed by atoms with Gasteiger partial charge in [-0.05, 0) is 35.2 Å². The first kappa shape index (κ1) is 24.8. The summed E-state index contributed by atoms with van der Waals surface area (Å²) in [5, 5.41) is 17.7. The highest BCUT2D eigenvalue weighted by Gasteiger charge is 2.36. The van der Waals surface area contributed by atoms with Crippen molar-refractivity contribution < 1.29 is 28.7 Å². The molecule has 34 heavy (non-hydrogen) atoms. The third-order valence-corrected chi connectivity index (χ3v) is 5.40. The number of urea groups is 1. The molecule has 0 bridgehead atoms. The van der Waals surface area contributed by atoms with E-state index in [4.69, 9.17) is 25.8 Å². The Morgan fingerprint density at radius 3 is 2.56 bits per heavy atom. The Kier molecular flexibility index (Phi) is 7.62. The second-order valence-electron chi connectivity index (χ2n) is 7.75. The maximum Gasteiger partial charge on any atom is 0.337 e. The van der Waals surface area contributed by atoms with E-state index in [1.807, 2.05) is 0 Å². The largest absolute Gasteiger partial charge is 0.493 e. The number of nitrogens with one attached hydrogen (secondary N) is 2. The standard InChI is InChI=1S/C23H24ClN3O7/c1-12(2)19-18(22(28)33-4)20(26-23(29)25-19)14-9-16(27(30)31)21(17(10-14)32-3)34-11-13-6-5-7-15(24)8-13/h5-10,12,20H,11H2,1-4H3,(H2,25,26,29). The number of halogens is 1. The molecule has 0 radical (unpaired) electrons. The summed E-state index contributed by atoms with van der Waals surface area (Å²) in [6.45, 7) is 3.61. The molecule has 1 atom stereocenters. The van der Waals surface area contributed by atoms with Crippen molar-refractivity contribution in [1.29, 1.82) is 0 Å². The number of nitro benzene ring substituents is 1. The van der Waals surface area contributed by atoms with Crippen molar-refractivity contribution in [3.63, 3.8) is 0 Å². The van der Waals surface area contributed by atoms with Crippen LogP contribution in [0.5, 0.6) is 11.5 Å². The Morgan fingerprint density at radius 1 is 1.24 bits per heavy atom. The van der Waals surface area contributed by atoms with Crippen molar-refractivity contribution in [2.45, 2.75) is 26.5 Å². The Balaban J connectivity index is 2.10. The summed E-state index contributed by atoms with van der Waals surface area (Å²) in [6.07, 6.45) is 0. The van der Waals surface area contributed by atoms with Crippen LogP contribution >= 0.6 is 11.6 Å². The molecule has 0 aromatic heterocycles. The van der Waals surface area contributed by atoms with E-state index < -0.39 is 23.0 Å². The molecule has 0 spiro atoms. The van der Waals surface area contributed by atoms with Gasteiger partial charge in [-0.1, -0.05) is 37.6 Å². The number of allylic oxidation sites excluding steroid dienone is 1. The van der Waals surface area contributed by atoms with Gasteiger partial charge in [0.15, 0.2) is 5.75 Å². The first-order valence-corrected chi connectivity index (χ1v) is 10.7. The van der Waals surface area contributed by atoms with Crippen LogP contribution in [0.25, 0.3) is 0 Å². The number of nitro groups is 1. The average Bonchev–Trinajstić information content (AvgIpc) is 2.81. The third kappa shape index (κ3) is 5.23. The fourth-order valence-electron chi connectivity index (χ4n) is 3.62. The molecule has 0 saturated heterocycles. The van der Waals surface area contributed by atoms with Gasteiger partial charge in [-0.2, -0.15) is 0 Å². The zero-order valence-electron chi connectivity index (χ0n) is 19.0. The molecule has 2 aromatic rings. The van der Waals surface area contributed by atoms with Crippen molar-refractivity contribution in [2.75, 3.05) is 14.2 Å². The smallest absolute Gasteiger partial charge is 0.337 e. The number of rotatable bonds is 8. The topological polar surface area (TPSA) is 129 Å². The van der Waals surface area contributed by atoms with Crippen molar-refractivity contribution in [3.05, 3.63) is 73.9 Å². The van der Waals surface area contributed by atoms with Crippen molar-refractivity contribution in [3.8, 4) is 11.5 Å². The molecule has 1 heterocycles. The van der Waals surface area contributed by atoms with Crippen LogP contribution in [0.4, 0.5) is 10.5 Å². The van der Waals surface area contributed by atoms with Crippen LogP contribution in [-0.2, 0) is 16.1 Å². The van der Waals surface area contributed by atoms with Gasteiger partial charge in [0.2, 0.25) is 5.75 Å². The van der Waals surface area contributed by atoms with Crippen LogP contribution in [0.3, 0.4) is 0 Å². The van der Waals surface area contributed by atoms with Gasteiger partial charge >= 0.3 is 17.7 Å². The summed E-state index contributed by atoms with van der Waals surface area (Å²) >= 11 is 6.00. The van der Waals surface area contributed by atoms with Gasteiger partial charge in [0, 0.05) is 16.8 Å². The van der Waals surface area contributed by atoms with E-state index in [1.165, 1.54) is 26.4 Å². The number of esters is 1. The maximum atomic E-state index is 12.6. The molecular weight excluding hydrogens is 466 g/mol. The molecule has 10 nitrogen and oxygen atoms in total. The van der Waals surface area contributed by atoms with Crippen molar-refractivity contribution in [2.24, 2.45) is 5.92 Å². The van der Waals surface area contributed by atoms with E-state index in [1.54, 1.807) is 38.1 Å². The van der Waals surface area contributed by atoms with Gasteiger partial charge in [0.05, 0.1) is 30.8 Å². The van der Waals surface area contributed by atoms with E-state index in [0.29, 0.717) is 16.3 Å². The number of methoxy groups -OCH3 is 2. The molecule has 2 N–H and O–H groups in total. The van der Waals surface area contributed by atoms with Crippen LogP contribution < -0.4 is 20.1 Å². The molecule has 3 rings (SSSR count). The lowest BCUT2D eigenvalue weighted by atomic mass is 9.91. The van der Waals surface area contributed by atoms with Gasteiger partial charge in [-0.15, -0.1) is 0 Å². The lowest BCUT2D eigenvalue weighted by Crippen LogP contribution is -2.47. The minimum Gasteiger partial charge on any atom is -0.493 e. The molecular formula is C23H24ClN3O7. The molecule has 0 saturated carbocycles. The van der Waals surface area contributed by atoms with E-state index in [2.05, 4.69) is 10.6 Å². The second kappa shape index (κ2) is 10.4. The Labute approximate surface area is 201 Å². The summed E-state index contributed by atoms with van der Waals surface area (Å²) in [5.41, 5.74) is 1.08. The number of ether oxygens (including phenoxy) is 3. The molecule has 2 aromatic carbocycles. The first-order valence-electron chi connectivity index (χ1n) is 10.3. The molecule has 0 fully saturated rings. The number of hydrogen-bond donors (Lipinski definition) is 2. The van der Waals surface area contributed by atoms with Gasteiger partial charge in [-0.25, -0.2) is 9.59 Å². The summed E-state index contributed by atoms with van der Waals surface area (Å²) in [6, 6.07) is 8.06. The molecule has 1 aliphatic heterocycles. The third-order valence-electron chi connectivity index (χ3n) is 5.16. The SMILES string of the molecule is COC(=O)C1=C(C(C)C)NC(=O)NC1c1cc(OC)c(OCc2cccc(Cl)c2)c([N+](=O)[O-])c1. The Bertz CT molecular complexity index is 1160. The van der Waals surface area contributed by atoms with E-state index in [0.717, 1.165) is 0 Å². The Hall–Kier alpha value is -3.79. The maximum absolute atomic E-state index is 12.6. The fraction of sp³-hybridized carbons (Fsp3) is 0.304. The predicted molar refractivity (Wildman–Crippen MR) is 124 cm³/mol. The van der Waals surface area contributed by atoms with Crippen molar-refractivity contribution >= 4 is 29.3 Å². The average molecular weight is 490 g/mol. The lowest BCUT2D eigenvalue weighted by molar-refractivity contribution is -0.386. The van der Waals surface area contributed by atoms with Crippen LogP contribution in [0.15, 0.2) is 47.7 Å². The van der Waals surface area contributed by atoms with E-state index in [-0.39, 0.29) is 40.8 Å². The van der Waals surface area contributed by atoms with Crippen LogP contribution in [-0.4, -0.2) is 31.1 Å². The molecule has 1 unspecified atom stereocenters. The quantitative estimate of drug-likeness (QED) is 0.321. The van der Waals surface area contributed by atoms with E-state index >= 15 is 0 Å². The second-order valence-corrected chi connectivity index (χ2v) is 8.19. The number of nitrogens with zero attached hydrogens (tertiary/aromatic N) is 1. The van der Waals surface area contributed by atoms with Gasteiger partial charge in [-0.3, -0.25) is 10.1 Å². The molecule has 1 aliphatic rings. The highest BCUT2D eigenvalue weighted by Crippen LogP contribution is 2.42. The number of hydrogen-bond acceptors (Lipinski definition) is 7. The van der Waals surface area contributed by atoms with Crippen LogP contribution in [0.1, 0.15) is 31.0 Å². The number of carbonyl (C=O) groups excluding carboxylic acids is 2. The monoisotopic (exact) mass is 489 g/mol. The Morgan fingerprint density at radius 2 is 1.97 bits per heavy atom. The highest BCUT2D eigenvalue weighted by atomic mass is 35.5. The normalized spacial score (nSPS) is 15.5. The zero-order chi connectivity index (χ0) is 25.0. The van der Waals surface area contributed by atoms with Crippen molar-refractivity contribution in [1.82, 2.24) is 10.6 Å². The molecule has 180 valence electrons. The van der Waals surface area contributed by atoms with Gasteiger partial charge in [0.25, 0.3) is 0 Å². The number of benzene rings is 2. The predicted octanol–water partition coefficient (Wildman–Crippen LogP) is 4.27. The minimum absolute atomic E-state index is 0.00595. The van der Waals surface area contributed by atoms with Crippen LogP contribution in [0, 0.1) is 16.0 Å². The summed E-state index contributed by atoms with van der Waals surface area (Å²) < 4.78 is 16.1. The van der Waals surface area contributed by atoms with E-state index in [9.17, 15) is 19.7 Å². The minimum atomic E-state index is -1.01. The number of amides is 2. The first-order chi connectivity index (χ1) is 16.2. The molecule has 0 aliphatic carbocycles. The van der Waals surface area contributed by atoms with Gasteiger partial charge in [0.1, 0.15) is 6.61 Å². The zero-order valence-corrected chi connectivity index (χ0v) is 19.8. The van der Waals surface area contributed by atoms with Crippen LogP contribution in [0.2, 0.25) is 5.02 Å². The molecule has 11 heteroatoms. The number of carbonyl (C=O) groups is 2. The molecule has 2 amide bonds. The summed E-state index contributed by atoms with van der Waals surface area (Å²) in [5.74, 6) is -0.928. The summed E-state index contributed by atoms with van der Waals surface area (Å²) in [4.78, 5) is 36.3. The fourth-order valence-corrected chi connectivity index (χ4v) is 3.83. The lowest BCUT2D eigenvalue weighted by Gasteiger charge is -2.31. The summed E-state index contributed by atoms with van der Waals surface area (Å²) in [7, 11) is 2.56. The highest BCUT2D eigenvalue weighted by molar-refractivity contribution is 6.30. The van der Waals surface area contributed by atoms with Gasteiger partial charge < -0.3 is 24.8 Å².